The molecule has 0 spiro atoms. The summed E-state index contributed by atoms with van der Waals surface area (Å²) < 4.78 is 1.61. The van der Waals surface area contributed by atoms with Crippen LogP contribution in [0, 0.1) is 6.92 Å². The van der Waals surface area contributed by atoms with Gasteiger partial charge < -0.3 is 4.90 Å². The zero-order valence-electron chi connectivity index (χ0n) is 18.3. The number of hydrogen-bond donors (Lipinski definition) is 0. The van der Waals surface area contributed by atoms with Gasteiger partial charge in [-0.2, -0.15) is 0 Å². The van der Waals surface area contributed by atoms with Gasteiger partial charge in [0.1, 0.15) is 5.65 Å². The summed E-state index contributed by atoms with van der Waals surface area (Å²) in [5.41, 5.74) is 3.25. The van der Waals surface area contributed by atoms with Crippen molar-refractivity contribution < 1.29 is 4.79 Å². The zero-order chi connectivity index (χ0) is 21.8. The highest BCUT2D eigenvalue weighted by atomic mass is 16.2. The number of nitrogens with zero attached hydrogens (tertiary/aromatic N) is 4. The van der Waals surface area contributed by atoms with Gasteiger partial charge in [0.05, 0.1) is 5.69 Å². The molecule has 3 aromatic rings. The van der Waals surface area contributed by atoms with Crippen LogP contribution in [0.25, 0.3) is 5.65 Å². The van der Waals surface area contributed by atoms with Crippen LogP contribution in [0.2, 0.25) is 0 Å². The average Bonchev–Trinajstić information content (AvgIpc) is 2.79. The van der Waals surface area contributed by atoms with E-state index in [-0.39, 0.29) is 11.5 Å². The number of aryl methyl sites for hydroxylation is 1. The molecule has 1 amide bonds. The predicted molar refractivity (Wildman–Crippen MR) is 122 cm³/mol. The Morgan fingerprint density at radius 3 is 2.58 bits per heavy atom. The molecule has 0 atom stereocenters. The van der Waals surface area contributed by atoms with Gasteiger partial charge in [-0.3, -0.25) is 18.9 Å². The Bertz CT molecular complexity index is 1100. The third-order valence-corrected chi connectivity index (χ3v) is 6.03. The summed E-state index contributed by atoms with van der Waals surface area (Å²) >= 11 is 0. The number of rotatable bonds is 6. The molecule has 0 radical (unpaired) electrons. The molecule has 1 aromatic carbocycles. The van der Waals surface area contributed by atoms with Gasteiger partial charge in [0, 0.05) is 43.5 Å². The smallest absolute Gasteiger partial charge is 0.258 e. The lowest BCUT2D eigenvalue weighted by atomic mass is 10.0. The molecule has 0 N–H and O–H groups in total. The summed E-state index contributed by atoms with van der Waals surface area (Å²) in [6.07, 6.45) is 4.74. The van der Waals surface area contributed by atoms with Gasteiger partial charge in [-0.15, -0.1) is 0 Å². The second-order valence-electron chi connectivity index (χ2n) is 8.38. The van der Waals surface area contributed by atoms with E-state index in [1.807, 2.05) is 60.5 Å². The molecule has 31 heavy (non-hydrogen) atoms. The van der Waals surface area contributed by atoms with Crippen molar-refractivity contribution in [2.45, 2.75) is 45.7 Å². The highest BCUT2D eigenvalue weighted by Crippen LogP contribution is 2.20. The third-order valence-electron chi connectivity index (χ3n) is 6.03. The summed E-state index contributed by atoms with van der Waals surface area (Å²) in [7, 11) is 0. The second kappa shape index (κ2) is 9.43. The fraction of sp³-hybridized carbons (Fsp3) is 0.400. The van der Waals surface area contributed by atoms with Gasteiger partial charge in [-0.05, 0) is 56.5 Å². The lowest BCUT2D eigenvalue weighted by molar-refractivity contribution is 0.0605. The molecule has 0 aliphatic carbocycles. The maximum atomic E-state index is 12.7. The van der Waals surface area contributed by atoms with Crippen LogP contribution < -0.4 is 5.56 Å². The number of benzene rings is 1. The molecule has 3 heterocycles. The van der Waals surface area contributed by atoms with Gasteiger partial charge in [0.15, 0.2) is 0 Å². The van der Waals surface area contributed by atoms with Gasteiger partial charge in [0.2, 0.25) is 0 Å². The molecule has 0 bridgehead atoms. The number of carbonyl (C=O) groups is 1. The number of fused-ring (bicyclic) bond motifs is 1. The highest BCUT2D eigenvalue weighted by Gasteiger charge is 2.27. The molecule has 2 aromatic heterocycles. The van der Waals surface area contributed by atoms with Crippen LogP contribution in [0.3, 0.4) is 0 Å². The number of hydrogen-bond acceptors (Lipinski definition) is 4. The zero-order valence-corrected chi connectivity index (χ0v) is 18.3. The van der Waals surface area contributed by atoms with E-state index in [0.717, 1.165) is 55.7 Å². The molecule has 1 saturated heterocycles. The fourth-order valence-corrected chi connectivity index (χ4v) is 4.42. The summed E-state index contributed by atoms with van der Waals surface area (Å²) in [6.45, 7) is 7.26. The summed E-state index contributed by atoms with van der Waals surface area (Å²) in [5.74, 6) is 0.112. The Kier molecular flexibility index (Phi) is 6.47. The van der Waals surface area contributed by atoms with Gasteiger partial charge in [-0.25, -0.2) is 4.98 Å². The number of aromatic nitrogens is 2. The normalized spacial score (nSPS) is 15.0. The fourth-order valence-electron chi connectivity index (χ4n) is 4.42. The summed E-state index contributed by atoms with van der Waals surface area (Å²) in [4.78, 5) is 34.4. The van der Waals surface area contributed by atoms with E-state index in [0.29, 0.717) is 18.2 Å². The standard InChI is InChI=1S/C25H30N4O2/c1-3-13-28(18-21-16-24(30)29-17-19(2)9-10-23(29)26-21)22-11-14-27(15-12-22)25(31)20-7-5-4-6-8-20/h4-10,16-17,22H,3,11-15,18H2,1-2H3. The molecule has 0 saturated carbocycles. The minimum atomic E-state index is -0.0385. The van der Waals surface area contributed by atoms with Crippen molar-refractivity contribution >= 4 is 11.6 Å². The van der Waals surface area contributed by atoms with E-state index in [1.165, 1.54) is 0 Å². The number of carbonyl (C=O) groups excluding carboxylic acids is 1. The third kappa shape index (κ3) is 4.85. The van der Waals surface area contributed by atoms with Crippen molar-refractivity contribution in [2.75, 3.05) is 19.6 Å². The molecule has 1 aliphatic heterocycles. The second-order valence-corrected chi connectivity index (χ2v) is 8.38. The number of amides is 1. The average molecular weight is 419 g/mol. The van der Waals surface area contributed by atoms with Crippen molar-refractivity contribution in [1.29, 1.82) is 0 Å². The van der Waals surface area contributed by atoms with E-state index >= 15 is 0 Å². The Morgan fingerprint density at radius 2 is 1.87 bits per heavy atom. The Balaban J connectivity index is 1.45. The van der Waals surface area contributed by atoms with Crippen LogP contribution >= 0.6 is 0 Å². The molecular weight excluding hydrogens is 388 g/mol. The maximum Gasteiger partial charge on any atom is 0.258 e. The van der Waals surface area contributed by atoms with Gasteiger partial charge in [0.25, 0.3) is 11.5 Å². The highest BCUT2D eigenvalue weighted by molar-refractivity contribution is 5.94. The number of pyridine rings is 1. The lowest BCUT2D eigenvalue weighted by Crippen LogP contribution is -2.47. The maximum absolute atomic E-state index is 12.7. The van der Waals surface area contributed by atoms with Crippen molar-refractivity contribution in [3.8, 4) is 0 Å². The van der Waals surface area contributed by atoms with Crippen molar-refractivity contribution in [3.05, 3.63) is 81.9 Å². The van der Waals surface area contributed by atoms with E-state index in [4.69, 9.17) is 4.98 Å². The summed E-state index contributed by atoms with van der Waals surface area (Å²) in [5, 5.41) is 0. The van der Waals surface area contributed by atoms with Gasteiger partial charge >= 0.3 is 0 Å². The van der Waals surface area contributed by atoms with Crippen molar-refractivity contribution in [1.82, 2.24) is 19.2 Å². The topological polar surface area (TPSA) is 57.9 Å². The Hall–Kier alpha value is -2.99. The first-order chi connectivity index (χ1) is 15.0. The number of likely N-dealkylation sites (tertiary alicyclic amines) is 1. The first-order valence-corrected chi connectivity index (χ1v) is 11.1. The van der Waals surface area contributed by atoms with Crippen LogP contribution in [0.4, 0.5) is 0 Å². The summed E-state index contributed by atoms with van der Waals surface area (Å²) in [6, 6.07) is 15.4. The van der Waals surface area contributed by atoms with E-state index in [9.17, 15) is 9.59 Å². The SMILES string of the molecule is CCCN(Cc1cc(=O)n2cc(C)ccc2n1)C1CCN(C(=O)c2ccccc2)CC1. The predicted octanol–water partition coefficient (Wildman–Crippen LogP) is 3.52. The minimum absolute atomic E-state index is 0.0385. The molecular formula is C25H30N4O2. The minimum Gasteiger partial charge on any atom is -0.339 e. The molecule has 162 valence electrons. The van der Waals surface area contributed by atoms with Gasteiger partial charge in [-0.1, -0.05) is 31.2 Å². The molecule has 0 unspecified atom stereocenters. The van der Waals surface area contributed by atoms with Crippen LogP contribution in [-0.4, -0.2) is 50.8 Å². The largest absolute Gasteiger partial charge is 0.339 e. The Morgan fingerprint density at radius 1 is 1.13 bits per heavy atom. The molecule has 1 aliphatic rings. The van der Waals surface area contributed by atoms with Crippen LogP contribution in [0.15, 0.2) is 59.5 Å². The van der Waals surface area contributed by atoms with Crippen molar-refractivity contribution in [2.24, 2.45) is 0 Å². The molecule has 1 fully saturated rings. The van der Waals surface area contributed by atoms with E-state index in [2.05, 4.69) is 11.8 Å². The number of piperidine rings is 1. The van der Waals surface area contributed by atoms with Crippen LogP contribution in [0.5, 0.6) is 0 Å². The molecule has 6 nitrogen and oxygen atoms in total. The monoisotopic (exact) mass is 418 g/mol. The quantitative estimate of drug-likeness (QED) is 0.615. The van der Waals surface area contributed by atoms with Crippen LogP contribution in [-0.2, 0) is 6.54 Å². The first-order valence-electron chi connectivity index (χ1n) is 11.1. The lowest BCUT2D eigenvalue weighted by Gasteiger charge is -2.38. The van der Waals surface area contributed by atoms with Crippen molar-refractivity contribution in [3.63, 3.8) is 0 Å². The van der Waals surface area contributed by atoms with E-state index < -0.39 is 0 Å². The molecule has 4 rings (SSSR count). The van der Waals surface area contributed by atoms with Crippen LogP contribution in [0.1, 0.15) is 47.8 Å². The first kappa shape index (κ1) is 21.2. The Labute approximate surface area is 183 Å². The van der Waals surface area contributed by atoms with E-state index in [1.54, 1.807) is 10.5 Å². The molecule has 6 heteroatoms.